The molecule has 1 atom stereocenters. The fourth-order valence-corrected chi connectivity index (χ4v) is 1.95. The van der Waals surface area contributed by atoms with Gasteiger partial charge in [-0.1, -0.05) is 6.92 Å². The van der Waals surface area contributed by atoms with Gasteiger partial charge in [-0.25, -0.2) is 0 Å². The van der Waals surface area contributed by atoms with Crippen molar-refractivity contribution < 1.29 is 4.79 Å². The Balaban J connectivity index is 2.45. The lowest BCUT2D eigenvalue weighted by atomic mass is 9.85. The van der Waals surface area contributed by atoms with Gasteiger partial charge in [0.05, 0.1) is 0 Å². The van der Waals surface area contributed by atoms with E-state index in [2.05, 4.69) is 12.2 Å². The molecule has 1 rings (SSSR count). The van der Waals surface area contributed by atoms with Crippen molar-refractivity contribution in [3.05, 3.63) is 0 Å². The van der Waals surface area contributed by atoms with E-state index >= 15 is 0 Å². The molecule has 1 fully saturated rings. The molecule has 1 amide bonds. The Labute approximate surface area is 80.5 Å². The summed E-state index contributed by atoms with van der Waals surface area (Å²) in [6, 6.07) is 0. The van der Waals surface area contributed by atoms with Gasteiger partial charge in [-0.05, 0) is 31.8 Å². The van der Waals surface area contributed by atoms with Crippen LogP contribution in [0, 0.1) is 11.8 Å². The molecule has 0 aliphatic carbocycles. The number of hydrogen-bond acceptors (Lipinski definition) is 2. The Morgan fingerprint density at radius 2 is 1.92 bits per heavy atom. The number of piperidine rings is 1. The van der Waals surface area contributed by atoms with Crippen LogP contribution in [0.15, 0.2) is 0 Å². The standard InChI is InChI=1S/C10H20N2O/c1-8(10(13)12(2)3)9-4-6-11-7-5-9/h8-9,11H,4-7H2,1-3H3. The average molecular weight is 184 g/mol. The predicted octanol–water partition coefficient (Wildman–Crippen LogP) is 0.710. The third kappa shape index (κ3) is 2.69. The number of amides is 1. The van der Waals surface area contributed by atoms with Crippen LogP contribution in [0.5, 0.6) is 0 Å². The van der Waals surface area contributed by atoms with Gasteiger partial charge < -0.3 is 10.2 Å². The fourth-order valence-electron chi connectivity index (χ4n) is 1.95. The van der Waals surface area contributed by atoms with Crippen molar-refractivity contribution in [2.45, 2.75) is 19.8 Å². The predicted molar refractivity (Wildman–Crippen MR) is 53.5 cm³/mol. The van der Waals surface area contributed by atoms with Gasteiger partial charge >= 0.3 is 0 Å². The lowest BCUT2D eigenvalue weighted by Crippen LogP contribution is -2.37. The van der Waals surface area contributed by atoms with E-state index in [1.165, 1.54) is 0 Å². The molecule has 0 aromatic heterocycles. The van der Waals surface area contributed by atoms with Crippen molar-refractivity contribution in [1.82, 2.24) is 10.2 Å². The summed E-state index contributed by atoms with van der Waals surface area (Å²) in [6.45, 7) is 4.18. The van der Waals surface area contributed by atoms with Crippen LogP contribution in [-0.4, -0.2) is 38.0 Å². The van der Waals surface area contributed by atoms with Crippen molar-refractivity contribution in [3.63, 3.8) is 0 Å². The second-order valence-corrected chi connectivity index (χ2v) is 4.11. The summed E-state index contributed by atoms with van der Waals surface area (Å²) < 4.78 is 0. The molecule has 0 aromatic rings. The molecule has 0 aromatic carbocycles. The Morgan fingerprint density at radius 3 is 2.38 bits per heavy atom. The lowest BCUT2D eigenvalue weighted by Gasteiger charge is -2.29. The van der Waals surface area contributed by atoms with E-state index < -0.39 is 0 Å². The van der Waals surface area contributed by atoms with Crippen LogP contribution < -0.4 is 5.32 Å². The summed E-state index contributed by atoms with van der Waals surface area (Å²) in [5.41, 5.74) is 0. The van der Waals surface area contributed by atoms with Crippen molar-refractivity contribution in [3.8, 4) is 0 Å². The van der Waals surface area contributed by atoms with Crippen molar-refractivity contribution >= 4 is 5.91 Å². The number of carbonyl (C=O) groups is 1. The average Bonchev–Trinajstić information content (AvgIpc) is 2.17. The van der Waals surface area contributed by atoms with Gasteiger partial charge in [0.15, 0.2) is 0 Å². The molecule has 3 nitrogen and oxygen atoms in total. The third-order valence-corrected chi connectivity index (χ3v) is 2.92. The number of nitrogens with one attached hydrogen (secondary N) is 1. The van der Waals surface area contributed by atoms with Gasteiger partial charge in [-0.3, -0.25) is 4.79 Å². The van der Waals surface area contributed by atoms with Gasteiger partial charge in [0.1, 0.15) is 0 Å². The highest BCUT2D eigenvalue weighted by Crippen LogP contribution is 2.22. The lowest BCUT2D eigenvalue weighted by molar-refractivity contribution is -0.134. The third-order valence-electron chi connectivity index (χ3n) is 2.92. The Hall–Kier alpha value is -0.570. The van der Waals surface area contributed by atoms with Crippen LogP contribution >= 0.6 is 0 Å². The molecule has 0 bridgehead atoms. The van der Waals surface area contributed by atoms with Crippen LogP contribution in [-0.2, 0) is 4.79 Å². The van der Waals surface area contributed by atoms with E-state index in [0.29, 0.717) is 5.92 Å². The van der Waals surface area contributed by atoms with Crippen molar-refractivity contribution in [2.75, 3.05) is 27.2 Å². The van der Waals surface area contributed by atoms with E-state index in [4.69, 9.17) is 0 Å². The minimum absolute atomic E-state index is 0.192. The van der Waals surface area contributed by atoms with Gasteiger partial charge in [0.25, 0.3) is 0 Å². The monoisotopic (exact) mass is 184 g/mol. The van der Waals surface area contributed by atoms with Gasteiger partial charge in [0.2, 0.25) is 5.91 Å². The first-order chi connectivity index (χ1) is 6.13. The maximum Gasteiger partial charge on any atom is 0.225 e. The zero-order chi connectivity index (χ0) is 9.84. The topological polar surface area (TPSA) is 32.3 Å². The Morgan fingerprint density at radius 1 is 1.38 bits per heavy atom. The summed E-state index contributed by atoms with van der Waals surface area (Å²) in [7, 11) is 3.67. The van der Waals surface area contributed by atoms with Crippen LogP contribution in [0.1, 0.15) is 19.8 Å². The van der Waals surface area contributed by atoms with Crippen LogP contribution in [0.3, 0.4) is 0 Å². The summed E-state index contributed by atoms with van der Waals surface area (Å²) >= 11 is 0. The number of hydrogen-bond donors (Lipinski definition) is 1. The zero-order valence-electron chi connectivity index (χ0n) is 8.84. The maximum absolute atomic E-state index is 11.6. The molecule has 0 saturated carbocycles. The first-order valence-corrected chi connectivity index (χ1v) is 5.05. The van der Waals surface area contributed by atoms with Crippen LogP contribution in [0.4, 0.5) is 0 Å². The molecule has 1 N–H and O–H groups in total. The SMILES string of the molecule is CC(C(=O)N(C)C)C1CCNCC1. The Kier molecular flexibility index (Phi) is 3.72. The fraction of sp³-hybridized carbons (Fsp3) is 0.900. The maximum atomic E-state index is 11.6. The molecule has 76 valence electrons. The first-order valence-electron chi connectivity index (χ1n) is 5.05. The summed E-state index contributed by atoms with van der Waals surface area (Å²) in [6.07, 6.45) is 2.28. The quantitative estimate of drug-likeness (QED) is 0.685. The minimum Gasteiger partial charge on any atom is -0.349 e. The van der Waals surface area contributed by atoms with Crippen LogP contribution in [0.25, 0.3) is 0 Å². The van der Waals surface area contributed by atoms with E-state index in [9.17, 15) is 4.79 Å². The van der Waals surface area contributed by atoms with E-state index in [0.717, 1.165) is 25.9 Å². The highest BCUT2D eigenvalue weighted by molar-refractivity contribution is 5.78. The Bertz CT molecular complexity index is 174. The van der Waals surface area contributed by atoms with Crippen molar-refractivity contribution in [2.24, 2.45) is 11.8 Å². The van der Waals surface area contributed by atoms with Gasteiger partial charge in [-0.2, -0.15) is 0 Å². The minimum atomic E-state index is 0.192. The summed E-state index contributed by atoms with van der Waals surface area (Å²) in [4.78, 5) is 13.3. The number of carbonyl (C=O) groups excluding carboxylic acids is 1. The number of nitrogens with zero attached hydrogens (tertiary/aromatic N) is 1. The molecule has 0 spiro atoms. The van der Waals surface area contributed by atoms with Gasteiger partial charge in [0, 0.05) is 20.0 Å². The highest BCUT2D eigenvalue weighted by atomic mass is 16.2. The summed E-state index contributed by atoms with van der Waals surface area (Å²) in [5, 5.41) is 3.31. The molecule has 13 heavy (non-hydrogen) atoms. The summed E-state index contributed by atoms with van der Waals surface area (Å²) in [5.74, 6) is 1.04. The van der Waals surface area contributed by atoms with Crippen molar-refractivity contribution in [1.29, 1.82) is 0 Å². The van der Waals surface area contributed by atoms with E-state index in [1.54, 1.807) is 4.90 Å². The largest absolute Gasteiger partial charge is 0.349 e. The molecule has 1 saturated heterocycles. The first kappa shape index (κ1) is 10.5. The number of rotatable bonds is 2. The molecular weight excluding hydrogens is 164 g/mol. The van der Waals surface area contributed by atoms with Gasteiger partial charge in [-0.15, -0.1) is 0 Å². The second kappa shape index (κ2) is 4.61. The zero-order valence-corrected chi connectivity index (χ0v) is 8.84. The molecule has 1 heterocycles. The van der Waals surface area contributed by atoms with E-state index in [1.807, 2.05) is 14.1 Å². The van der Waals surface area contributed by atoms with Crippen LogP contribution in [0.2, 0.25) is 0 Å². The molecule has 1 aliphatic heterocycles. The molecule has 1 unspecified atom stereocenters. The highest BCUT2D eigenvalue weighted by Gasteiger charge is 2.26. The molecule has 0 radical (unpaired) electrons. The smallest absolute Gasteiger partial charge is 0.225 e. The second-order valence-electron chi connectivity index (χ2n) is 4.11. The normalized spacial score (nSPS) is 21.2. The van der Waals surface area contributed by atoms with E-state index in [-0.39, 0.29) is 11.8 Å². The molecule has 3 heteroatoms. The molecule has 1 aliphatic rings. The molecular formula is C10H20N2O.